The van der Waals surface area contributed by atoms with Gasteiger partial charge in [-0.3, -0.25) is 0 Å². The van der Waals surface area contributed by atoms with Gasteiger partial charge in [-0.15, -0.1) is 11.6 Å². The average molecular weight is 277 g/mol. The van der Waals surface area contributed by atoms with Crippen molar-refractivity contribution in [2.75, 3.05) is 0 Å². The molecule has 2 unspecified atom stereocenters. The monoisotopic (exact) mass is 276 g/mol. The third-order valence-electron chi connectivity index (χ3n) is 3.54. The van der Waals surface area contributed by atoms with E-state index >= 15 is 0 Å². The van der Waals surface area contributed by atoms with E-state index in [9.17, 15) is 4.39 Å². The molecule has 0 N–H and O–H groups in total. The Morgan fingerprint density at radius 3 is 2.00 bits per heavy atom. The van der Waals surface area contributed by atoms with Crippen molar-refractivity contribution in [1.82, 2.24) is 0 Å². The van der Waals surface area contributed by atoms with Gasteiger partial charge >= 0.3 is 0 Å². The Balaban J connectivity index is 2.32. The molecular formula is C17H18ClF. The highest BCUT2D eigenvalue weighted by Crippen LogP contribution is 2.37. The van der Waals surface area contributed by atoms with Crippen molar-refractivity contribution in [2.45, 2.75) is 32.1 Å². The van der Waals surface area contributed by atoms with Gasteiger partial charge in [0.15, 0.2) is 0 Å². The molecule has 0 saturated heterocycles. The lowest BCUT2D eigenvalue weighted by molar-refractivity contribution is 0.606. The smallest absolute Gasteiger partial charge is 0.129 e. The van der Waals surface area contributed by atoms with E-state index < -0.39 is 0 Å². The highest BCUT2D eigenvalue weighted by molar-refractivity contribution is 6.21. The Hall–Kier alpha value is -1.34. The molecule has 2 atom stereocenters. The maximum Gasteiger partial charge on any atom is 0.129 e. The van der Waals surface area contributed by atoms with Crippen LogP contribution in [0.5, 0.6) is 0 Å². The number of benzene rings is 2. The largest absolute Gasteiger partial charge is 0.206 e. The Bertz CT molecular complexity index is 540. The Kier molecular flexibility index (Phi) is 4.26. The van der Waals surface area contributed by atoms with Crippen molar-refractivity contribution in [3.05, 3.63) is 70.5 Å². The topological polar surface area (TPSA) is 0 Å². The van der Waals surface area contributed by atoms with Crippen LogP contribution >= 0.6 is 11.6 Å². The quantitative estimate of drug-likeness (QED) is 0.647. The lowest BCUT2D eigenvalue weighted by Gasteiger charge is -2.20. The van der Waals surface area contributed by atoms with Crippen molar-refractivity contribution in [1.29, 1.82) is 0 Å². The van der Waals surface area contributed by atoms with Gasteiger partial charge in [-0.2, -0.15) is 0 Å². The van der Waals surface area contributed by atoms with E-state index in [1.54, 1.807) is 13.8 Å². The van der Waals surface area contributed by atoms with Crippen molar-refractivity contribution in [3.8, 4) is 0 Å². The van der Waals surface area contributed by atoms with Crippen molar-refractivity contribution >= 4 is 11.6 Å². The van der Waals surface area contributed by atoms with Crippen LogP contribution in [0.4, 0.5) is 4.39 Å². The number of halogens is 2. The van der Waals surface area contributed by atoms with Crippen LogP contribution in [-0.4, -0.2) is 0 Å². The van der Waals surface area contributed by atoms with E-state index in [0.29, 0.717) is 11.1 Å². The molecule has 2 rings (SSSR count). The predicted molar refractivity (Wildman–Crippen MR) is 79.3 cm³/mol. The Labute approximate surface area is 119 Å². The second-order valence-electron chi connectivity index (χ2n) is 5.07. The molecule has 0 bridgehead atoms. The minimum Gasteiger partial charge on any atom is -0.206 e. The van der Waals surface area contributed by atoms with Gasteiger partial charge in [0.05, 0.1) is 5.38 Å². The third-order valence-corrected chi connectivity index (χ3v) is 4.17. The summed E-state index contributed by atoms with van der Waals surface area (Å²) in [4.78, 5) is 0. The van der Waals surface area contributed by atoms with Crippen LogP contribution in [0, 0.1) is 19.7 Å². The molecule has 0 aliphatic rings. The van der Waals surface area contributed by atoms with E-state index in [-0.39, 0.29) is 17.1 Å². The fraction of sp³-hybridized carbons (Fsp3) is 0.294. The molecule has 0 aromatic heterocycles. The maximum atomic E-state index is 13.7. The SMILES string of the molecule is Cc1cc(C(Cl)C(C)c2ccccc2)cc(C)c1F. The first kappa shape index (κ1) is 14.1. The second kappa shape index (κ2) is 5.75. The maximum absolute atomic E-state index is 13.7. The first-order valence-corrected chi connectivity index (χ1v) is 6.90. The molecule has 2 aromatic carbocycles. The van der Waals surface area contributed by atoms with Crippen molar-refractivity contribution in [2.24, 2.45) is 0 Å². The molecule has 2 aromatic rings. The Morgan fingerprint density at radius 1 is 0.947 bits per heavy atom. The zero-order chi connectivity index (χ0) is 14.0. The van der Waals surface area contributed by atoms with E-state index in [1.165, 1.54) is 5.56 Å². The summed E-state index contributed by atoms with van der Waals surface area (Å²) in [6.07, 6.45) is 0. The van der Waals surface area contributed by atoms with Crippen LogP contribution in [0.1, 0.15) is 40.5 Å². The second-order valence-corrected chi connectivity index (χ2v) is 5.54. The number of rotatable bonds is 3. The van der Waals surface area contributed by atoms with Crippen molar-refractivity contribution in [3.63, 3.8) is 0 Å². The first-order chi connectivity index (χ1) is 9.00. The van der Waals surface area contributed by atoms with Gasteiger partial charge in [0, 0.05) is 5.92 Å². The third kappa shape index (κ3) is 2.98. The Morgan fingerprint density at radius 2 is 1.47 bits per heavy atom. The standard InChI is InChI=1S/C17H18ClF/c1-11-9-15(10-12(2)17(11)19)16(18)13(3)14-7-5-4-6-8-14/h4-10,13,16H,1-3H3. The summed E-state index contributed by atoms with van der Waals surface area (Å²) in [5.41, 5.74) is 3.48. The zero-order valence-corrected chi connectivity index (χ0v) is 12.2. The molecule has 0 radical (unpaired) electrons. The molecule has 0 spiro atoms. The predicted octanol–water partition coefficient (Wildman–Crippen LogP) is 5.53. The van der Waals surface area contributed by atoms with Crippen LogP contribution in [0.25, 0.3) is 0 Å². The molecule has 0 nitrogen and oxygen atoms in total. The van der Waals surface area contributed by atoms with Crippen LogP contribution in [-0.2, 0) is 0 Å². The normalized spacial score (nSPS) is 14.2. The minimum atomic E-state index is -0.152. The van der Waals surface area contributed by atoms with Gasteiger partial charge in [-0.25, -0.2) is 4.39 Å². The van der Waals surface area contributed by atoms with Crippen LogP contribution in [0.15, 0.2) is 42.5 Å². The molecule has 0 aliphatic heterocycles. The molecule has 0 heterocycles. The molecule has 2 heteroatoms. The molecule has 19 heavy (non-hydrogen) atoms. The van der Waals surface area contributed by atoms with Gasteiger partial charge in [0.2, 0.25) is 0 Å². The highest BCUT2D eigenvalue weighted by Gasteiger charge is 2.19. The molecular weight excluding hydrogens is 259 g/mol. The first-order valence-electron chi connectivity index (χ1n) is 6.46. The van der Waals surface area contributed by atoms with Gasteiger partial charge in [0.25, 0.3) is 0 Å². The summed E-state index contributed by atoms with van der Waals surface area (Å²) < 4.78 is 13.7. The molecule has 0 fully saturated rings. The number of hydrogen-bond donors (Lipinski definition) is 0. The van der Waals surface area contributed by atoms with Crippen LogP contribution in [0.3, 0.4) is 0 Å². The average Bonchev–Trinajstić information content (AvgIpc) is 2.43. The summed E-state index contributed by atoms with van der Waals surface area (Å²) in [5.74, 6) is 0.0482. The molecule has 100 valence electrons. The van der Waals surface area contributed by atoms with Gasteiger partial charge in [-0.1, -0.05) is 49.4 Å². The molecule has 0 aliphatic carbocycles. The van der Waals surface area contributed by atoms with Gasteiger partial charge in [-0.05, 0) is 36.1 Å². The number of aryl methyl sites for hydroxylation is 2. The van der Waals surface area contributed by atoms with E-state index in [2.05, 4.69) is 19.1 Å². The summed E-state index contributed by atoms with van der Waals surface area (Å²) >= 11 is 6.57. The fourth-order valence-corrected chi connectivity index (χ4v) is 2.62. The van der Waals surface area contributed by atoms with E-state index in [0.717, 1.165) is 5.56 Å². The highest BCUT2D eigenvalue weighted by atomic mass is 35.5. The minimum absolute atomic E-state index is 0.139. The summed E-state index contributed by atoms with van der Waals surface area (Å²) in [6.45, 7) is 5.66. The van der Waals surface area contributed by atoms with Crippen LogP contribution < -0.4 is 0 Å². The van der Waals surface area contributed by atoms with Crippen molar-refractivity contribution < 1.29 is 4.39 Å². The lowest BCUT2D eigenvalue weighted by atomic mass is 9.91. The summed E-state index contributed by atoms with van der Waals surface area (Å²) in [6, 6.07) is 13.9. The van der Waals surface area contributed by atoms with E-state index in [4.69, 9.17) is 11.6 Å². The van der Waals surface area contributed by atoms with Crippen LogP contribution in [0.2, 0.25) is 0 Å². The van der Waals surface area contributed by atoms with Gasteiger partial charge < -0.3 is 0 Å². The van der Waals surface area contributed by atoms with E-state index in [1.807, 2.05) is 30.3 Å². The van der Waals surface area contributed by atoms with Gasteiger partial charge in [0.1, 0.15) is 5.82 Å². The summed E-state index contributed by atoms with van der Waals surface area (Å²) in [7, 11) is 0. The summed E-state index contributed by atoms with van der Waals surface area (Å²) in [5, 5.41) is -0.152. The molecule has 0 saturated carbocycles. The lowest BCUT2D eigenvalue weighted by Crippen LogP contribution is -2.04. The zero-order valence-electron chi connectivity index (χ0n) is 11.5. The fourth-order valence-electron chi connectivity index (χ4n) is 2.35. The molecule has 0 amide bonds. The number of alkyl halides is 1. The number of hydrogen-bond acceptors (Lipinski definition) is 0.